The van der Waals surface area contributed by atoms with Crippen LogP contribution >= 0.6 is 11.6 Å². The molecule has 8 atom stereocenters. The molecule has 34 heavy (non-hydrogen) atoms. The number of allylic oxidation sites excluding steroid dienone is 2. The highest BCUT2D eigenvalue weighted by Crippen LogP contribution is 2.67. The molecule has 3 heteroatoms. The zero-order valence-electron chi connectivity index (χ0n) is 22.7. The highest BCUT2D eigenvalue weighted by Gasteiger charge is 2.59. The van der Waals surface area contributed by atoms with Crippen LogP contribution in [0.2, 0.25) is 0 Å². The third kappa shape index (κ3) is 5.05. The van der Waals surface area contributed by atoms with Gasteiger partial charge in [-0.3, -0.25) is 0 Å². The number of fused-ring (bicyclic) bond motifs is 5. The SMILES string of the molecule is C/C(Cl)=C\C(=O)O[C@H]1CC[C@@]2(C)C(=CC[C@H]3[C@@H]4CC[C@@H]([C@H](C)CCCC(C)C)[C@@]4(C)CC[C@@H]32)C1. The molecule has 0 heterocycles. The summed E-state index contributed by atoms with van der Waals surface area (Å²) in [5.41, 5.74) is 2.41. The molecule has 3 saturated carbocycles. The van der Waals surface area contributed by atoms with Gasteiger partial charge in [-0.15, -0.1) is 0 Å². The van der Waals surface area contributed by atoms with Crippen LogP contribution in [0.1, 0.15) is 112 Å². The summed E-state index contributed by atoms with van der Waals surface area (Å²) >= 11 is 5.87. The summed E-state index contributed by atoms with van der Waals surface area (Å²) in [4.78, 5) is 12.1. The molecule has 0 aliphatic heterocycles. The lowest BCUT2D eigenvalue weighted by atomic mass is 9.47. The van der Waals surface area contributed by atoms with E-state index in [2.05, 4.69) is 40.7 Å². The first-order valence-corrected chi connectivity index (χ1v) is 14.7. The monoisotopic (exact) mass is 488 g/mol. The molecule has 0 bridgehead atoms. The Hall–Kier alpha value is -0.760. The topological polar surface area (TPSA) is 26.3 Å². The van der Waals surface area contributed by atoms with Gasteiger partial charge in [0.25, 0.3) is 0 Å². The Kier molecular flexibility index (Phi) is 7.98. The van der Waals surface area contributed by atoms with Gasteiger partial charge < -0.3 is 4.74 Å². The molecule has 2 nitrogen and oxygen atoms in total. The molecular weight excluding hydrogens is 440 g/mol. The van der Waals surface area contributed by atoms with Crippen molar-refractivity contribution in [2.75, 3.05) is 0 Å². The van der Waals surface area contributed by atoms with Gasteiger partial charge in [0, 0.05) is 17.5 Å². The van der Waals surface area contributed by atoms with Crippen LogP contribution in [0.3, 0.4) is 0 Å². The summed E-state index contributed by atoms with van der Waals surface area (Å²) in [6.45, 7) is 14.2. The molecule has 4 aliphatic rings. The second-order valence-electron chi connectivity index (χ2n) is 13.3. The van der Waals surface area contributed by atoms with Crippen molar-refractivity contribution in [2.24, 2.45) is 46.3 Å². The quantitative estimate of drug-likeness (QED) is 0.203. The van der Waals surface area contributed by atoms with E-state index in [1.54, 1.807) is 12.5 Å². The van der Waals surface area contributed by atoms with Crippen LogP contribution in [0, 0.1) is 46.3 Å². The smallest absolute Gasteiger partial charge is 0.332 e. The van der Waals surface area contributed by atoms with Gasteiger partial charge in [0.05, 0.1) is 0 Å². The zero-order valence-corrected chi connectivity index (χ0v) is 23.4. The molecule has 0 N–H and O–H groups in total. The fourth-order valence-electron chi connectivity index (χ4n) is 9.11. The van der Waals surface area contributed by atoms with Crippen molar-refractivity contribution in [3.05, 3.63) is 22.8 Å². The molecule has 4 rings (SSSR count). The Morgan fingerprint density at radius 2 is 1.88 bits per heavy atom. The predicted molar refractivity (Wildman–Crippen MR) is 143 cm³/mol. The van der Waals surface area contributed by atoms with Crippen molar-refractivity contribution >= 4 is 17.6 Å². The Labute approximate surface area is 214 Å². The summed E-state index contributed by atoms with van der Waals surface area (Å²) in [5, 5.41) is 0.486. The molecule has 4 aliphatic carbocycles. The van der Waals surface area contributed by atoms with E-state index in [-0.39, 0.29) is 12.1 Å². The predicted octanol–water partition coefficient (Wildman–Crippen LogP) is 9.08. The molecule has 0 aromatic carbocycles. The summed E-state index contributed by atoms with van der Waals surface area (Å²) in [7, 11) is 0. The van der Waals surface area contributed by atoms with E-state index in [9.17, 15) is 4.79 Å². The first kappa shape index (κ1) is 26.3. The highest BCUT2D eigenvalue weighted by atomic mass is 35.5. The van der Waals surface area contributed by atoms with E-state index in [4.69, 9.17) is 16.3 Å². The Morgan fingerprint density at radius 3 is 2.59 bits per heavy atom. The minimum atomic E-state index is -0.289. The van der Waals surface area contributed by atoms with Crippen molar-refractivity contribution in [3.8, 4) is 0 Å². The normalized spacial score (nSPS) is 40.8. The molecule has 0 aromatic heterocycles. The summed E-state index contributed by atoms with van der Waals surface area (Å²) in [6, 6.07) is 0. The van der Waals surface area contributed by atoms with Crippen LogP contribution in [0.15, 0.2) is 22.8 Å². The van der Waals surface area contributed by atoms with Crippen molar-refractivity contribution in [3.63, 3.8) is 0 Å². The fourth-order valence-corrected chi connectivity index (χ4v) is 9.20. The van der Waals surface area contributed by atoms with Crippen LogP contribution in [0.5, 0.6) is 0 Å². The standard InChI is InChI=1S/C31H49ClO2/c1-20(2)8-7-9-21(3)26-12-13-27-25-11-10-23-19-24(34-29(33)18-22(4)32)14-16-30(23,5)28(25)15-17-31(26,27)6/h10,18,20-21,24-28H,7-9,11-17,19H2,1-6H3/b22-18+/t21-,24+,25+,26+,27+,28+,30+,31-/m1/s1. The van der Waals surface area contributed by atoms with Crippen LogP contribution < -0.4 is 0 Å². The molecule has 0 radical (unpaired) electrons. The molecule has 0 unspecified atom stereocenters. The Bertz CT molecular complexity index is 808. The molecule has 192 valence electrons. The van der Waals surface area contributed by atoms with E-state index in [1.807, 2.05) is 0 Å². The second kappa shape index (κ2) is 10.3. The van der Waals surface area contributed by atoms with Gasteiger partial charge in [-0.2, -0.15) is 0 Å². The maximum Gasteiger partial charge on any atom is 0.332 e. The number of hydrogen-bond donors (Lipinski definition) is 0. The highest BCUT2D eigenvalue weighted by molar-refractivity contribution is 6.30. The van der Waals surface area contributed by atoms with Gasteiger partial charge in [0.1, 0.15) is 6.10 Å². The third-order valence-electron chi connectivity index (χ3n) is 10.9. The van der Waals surface area contributed by atoms with Gasteiger partial charge in [-0.25, -0.2) is 4.79 Å². The van der Waals surface area contributed by atoms with Crippen LogP contribution in [0.4, 0.5) is 0 Å². The lowest BCUT2D eigenvalue weighted by molar-refractivity contribution is -0.145. The number of ether oxygens (including phenoxy) is 1. The number of esters is 1. The van der Waals surface area contributed by atoms with Gasteiger partial charge in [-0.05, 0) is 98.2 Å². The number of rotatable bonds is 7. The second-order valence-corrected chi connectivity index (χ2v) is 13.9. The van der Waals surface area contributed by atoms with Crippen LogP contribution in [-0.2, 0) is 9.53 Å². The number of carbonyl (C=O) groups excluding carboxylic acids is 1. The van der Waals surface area contributed by atoms with Crippen molar-refractivity contribution in [1.29, 1.82) is 0 Å². The van der Waals surface area contributed by atoms with Crippen molar-refractivity contribution in [2.45, 2.75) is 118 Å². The lowest BCUT2D eigenvalue weighted by Gasteiger charge is -2.58. The number of halogens is 1. The average molecular weight is 489 g/mol. The molecule has 3 fully saturated rings. The fraction of sp³-hybridized carbons (Fsp3) is 0.839. The van der Waals surface area contributed by atoms with Crippen molar-refractivity contribution < 1.29 is 9.53 Å². The van der Waals surface area contributed by atoms with Gasteiger partial charge in [0.2, 0.25) is 0 Å². The molecule has 0 aromatic rings. The molecular formula is C31H49ClO2. The third-order valence-corrected chi connectivity index (χ3v) is 11.0. The maximum atomic E-state index is 12.1. The molecule has 0 amide bonds. The summed E-state index contributed by atoms with van der Waals surface area (Å²) in [5.74, 6) is 4.87. The Morgan fingerprint density at radius 1 is 1.12 bits per heavy atom. The maximum absolute atomic E-state index is 12.1. The van der Waals surface area contributed by atoms with E-state index in [0.29, 0.717) is 15.9 Å². The minimum Gasteiger partial charge on any atom is -0.459 e. The van der Waals surface area contributed by atoms with Crippen molar-refractivity contribution in [1.82, 2.24) is 0 Å². The first-order valence-electron chi connectivity index (χ1n) is 14.3. The van der Waals surface area contributed by atoms with Gasteiger partial charge in [0.15, 0.2) is 0 Å². The zero-order chi connectivity index (χ0) is 24.7. The van der Waals surface area contributed by atoms with Gasteiger partial charge >= 0.3 is 5.97 Å². The first-order chi connectivity index (χ1) is 16.0. The largest absolute Gasteiger partial charge is 0.459 e. The molecule has 0 spiro atoms. The van der Waals surface area contributed by atoms with Crippen LogP contribution in [0.25, 0.3) is 0 Å². The minimum absolute atomic E-state index is 0.00653. The van der Waals surface area contributed by atoms with Gasteiger partial charge in [-0.1, -0.05) is 77.1 Å². The van der Waals surface area contributed by atoms with E-state index in [1.165, 1.54) is 57.4 Å². The lowest BCUT2D eigenvalue weighted by Crippen LogP contribution is -2.51. The van der Waals surface area contributed by atoms with E-state index < -0.39 is 0 Å². The summed E-state index contributed by atoms with van der Waals surface area (Å²) in [6.07, 6.45) is 18.2. The van der Waals surface area contributed by atoms with E-state index >= 15 is 0 Å². The Balaban J connectivity index is 1.44. The number of carbonyl (C=O) groups is 1. The average Bonchev–Trinajstić information content (AvgIpc) is 3.10. The van der Waals surface area contributed by atoms with Crippen LogP contribution in [-0.4, -0.2) is 12.1 Å². The summed E-state index contributed by atoms with van der Waals surface area (Å²) < 4.78 is 5.76. The number of hydrogen-bond acceptors (Lipinski definition) is 2. The molecule has 0 saturated heterocycles. The van der Waals surface area contributed by atoms with E-state index in [0.717, 1.165) is 54.8 Å².